The molecule has 2 N–H and O–H groups in total. The standard InChI is InChI=1S/C14H20FNO4S/c1-17-4-5-18-6-7-19-8-9-20-13-3-2-11(15)10-12(13)14(16)21/h2-3,10H,4-9H2,1H3,(H2,16,21). The highest BCUT2D eigenvalue weighted by atomic mass is 32.1. The van der Waals surface area contributed by atoms with Crippen LogP contribution in [-0.4, -0.2) is 51.7 Å². The SMILES string of the molecule is COCCOCCOCCOc1ccc(F)cc1C(N)=S. The third kappa shape index (κ3) is 7.33. The van der Waals surface area contributed by atoms with Gasteiger partial charge in [0.05, 0.1) is 38.6 Å². The fraction of sp³-hybridized carbons (Fsp3) is 0.500. The molecule has 0 amide bonds. The molecule has 5 nitrogen and oxygen atoms in total. The molecular weight excluding hydrogens is 297 g/mol. The van der Waals surface area contributed by atoms with Gasteiger partial charge in [-0.25, -0.2) is 4.39 Å². The monoisotopic (exact) mass is 317 g/mol. The Balaban J connectivity index is 2.20. The minimum atomic E-state index is -0.408. The van der Waals surface area contributed by atoms with E-state index in [1.54, 1.807) is 7.11 Å². The molecule has 0 radical (unpaired) electrons. The van der Waals surface area contributed by atoms with Gasteiger partial charge in [0.25, 0.3) is 0 Å². The summed E-state index contributed by atoms with van der Waals surface area (Å²) >= 11 is 4.85. The molecule has 0 spiro atoms. The molecule has 0 unspecified atom stereocenters. The first-order chi connectivity index (χ1) is 10.1. The first-order valence-electron chi connectivity index (χ1n) is 6.51. The smallest absolute Gasteiger partial charge is 0.129 e. The first-order valence-corrected chi connectivity index (χ1v) is 6.92. The van der Waals surface area contributed by atoms with Gasteiger partial charge in [-0.3, -0.25) is 0 Å². The van der Waals surface area contributed by atoms with Crippen molar-refractivity contribution in [3.63, 3.8) is 0 Å². The molecule has 0 aliphatic carbocycles. The molecule has 1 aromatic carbocycles. The van der Waals surface area contributed by atoms with E-state index < -0.39 is 5.82 Å². The summed E-state index contributed by atoms with van der Waals surface area (Å²) in [4.78, 5) is 0.0944. The van der Waals surface area contributed by atoms with Crippen LogP contribution in [0.5, 0.6) is 5.75 Å². The van der Waals surface area contributed by atoms with Crippen LogP contribution in [0.15, 0.2) is 18.2 Å². The van der Waals surface area contributed by atoms with Crippen molar-refractivity contribution in [2.75, 3.05) is 46.8 Å². The van der Waals surface area contributed by atoms with Gasteiger partial charge in [-0.15, -0.1) is 0 Å². The van der Waals surface area contributed by atoms with Crippen molar-refractivity contribution >= 4 is 17.2 Å². The van der Waals surface area contributed by atoms with Crippen LogP contribution < -0.4 is 10.5 Å². The molecule has 0 aliphatic rings. The van der Waals surface area contributed by atoms with E-state index in [-0.39, 0.29) is 4.99 Å². The normalized spacial score (nSPS) is 10.6. The number of ether oxygens (including phenoxy) is 4. The maximum Gasteiger partial charge on any atom is 0.129 e. The topological polar surface area (TPSA) is 62.9 Å². The fourth-order valence-electron chi connectivity index (χ4n) is 1.50. The van der Waals surface area contributed by atoms with Crippen LogP contribution >= 0.6 is 12.2 Å². The summed E-state index contributed by atoms with van der Waals surface area (Å²) < 4.78 is 34.0. The van der Waals surface area contributed by atoms with Gasteiger partial charge in [-0.05, 0) is 18.2 Å². The number of halogens is 1. The minimum Gasteiger partial charge on any atom is -0.490 e. The summed E-state index contributed by atoms with van der Waals surface area (Å²) in [6, 6.07) is 4.04. The number of hydrogen-bond donors (Lipinski definition) is 1. The van der Waals surface area contributed by atoms with Crippen molar-refractivity contribution in [3.8, 4) is 5.75 Å². The van der Waals surface area contributed by atoms with Gasteiger partial charge in [0.1, 0.15) is 23.2 Å². The van der Waals surface area contributed by atoms with Crippen LogP contribution in [0.4, 0.5) is 4.39 Å². The van der Waals surface area contributed by atoms with E-state index in [4.69, 9.17) is 36.9 Å². The Morgan fingerprint density at radius 2 is 1.71 bits per heavy atom. The van der Waals surface area contributed by atoms with E-state index in [9.17, 15) is 4.39 Å². The molecule has 0 saturated carbocycles. The Morgan fingerprint density at radius 3 is 2.33 bits per heavy atom. The second-order valence-corrected chi connectivity index (χ2v) is 4.51. The van der Waals surface area contributed by atoms with Gasteiger partial charge in [0, 0.05) is 7.11 Å². The van der Waals surface area contributed by atoms with E-state index >= 15 is 0 Å². The third-order valence-electron chi connectivity index (χ3n) is 2.50. The highest BCUT2D eigenvalue weighted by Crippen LogP contribution is 2.19. The Morgan fingerprint density at radius 1 is 1.10 bits per heavy atom. The van der Waals surface area contributed by atoms with Gasteiger partial charge in [-0.1, -0.05) is 12.2 Å². The highest BCUT2D eigenvalue weighted by Gasteiger charge is 2.07. The van der Waals surface area contributed by atoms with Crippen molar-refractivity contribution < 1.29 is 23.3 Å². The second kappa shape index (κ2) is 10.4. The number of nitrogens with two attached hydrogens (primary N) is 1. The lowest BCUT2D eigenvalue weighted by molar-refractivity contribution is 0.0179. The third-order valence-corrected chi connectivity index (χ3v) is 2.72. The Labute approximate surface area is 129 Å². The number of methoxy groups -OCH3 is 1. The lowest BCUT2D eigenvalue weighted by Crippen LogP contribution is -2.15. The summed E-state index contributed by atoms with van der Waals surface area (Å²) in [5, 5.41) is 0. The van der Waals surface area contributed by atoms with Gasteiger partial charge < -0.3 is 24.7 Å². The maximum absolute atomic E-state index is 13.1. The number of thiocarbonyl (C=S) groups is 1. The largest absolute Gasteiger partial charge is 0.490 e. The molecule has 0 heterocycles. The quantitative estimate of drug-likeness (QED) is 0.493. The van der Waals surface area contributed by atoms with Gasteiger partial charge >= 0.3 is 0 Å². The second-order valence-electron chi connectivity index (χ2n) is 4.07. The Hall–Kier alpha value is -1.28. The van der Waals surface area contributed by atoms with E-state index in [1.807, 2.05) is 0 Å². The molecule has 1 rings (SSSR count). The number of hydrogen-bond acceptors (Lipinski definition) is 5. The van der Waals surface area contributed by atoms with E-state index in [0.717, 1.165) is 0 Å². The van der Waals surface area contributed by atoms with Crippen LogP contribution in [0.3, 0.4) is 0 Å². The molecule has 0 aliphatic heterocycles. The lowest BCUT2D eigenvalue weighted by Gasteiger charge is -2.11. The average molecular weight is 317 g/mol. The summed E-state index contributed by atoms with van der Waals surface area (Å²) in [5.41, 5.74) is 5.90. The molecule has 0 saturated heterocycles. The predicted molar refractivity (Wildman–Crippen MR) is 81.3 cm³/mol. The number of rotatable bonds is 11. The van der Waals surface area contributed by atoms with Crippen molar-refractivity contribution in [1.82, 2.24) is 0 Å². The molecule has 21 heavy (non-hydrogen) atoms. The fourth-order valence-corrected chi connectivity index (χ4v) is 1.65. The lowest BCUT2D eigenvalue weighted by atomic mass is 10.2. The Kier molecular flexibility index (Phi) is 8.84. The van der Waals surface area contributed by atoms with Crippen LogP contribution in [-0.2, 0) is 14.2 Å². The van der Waals surface area contributed by atoms with Crippen LogP contribution in [0.2, 0.25) is 0 Å². The van der Waals surface area contributed by atoms with Gasteiger partial charge in [0.15, 0.2) is 0 Å². The zero-order chi connectivity index (χ0) is 15.5. The Bertz CT molecular complexity index is 445. The van der Waals surface area contributed by atoms with E-state index in [0.29, 0.717) is 51.0 Å². The summed E-state index contributed by atoms with van der Waals surface area (Å²) in [6.45, 7) is 2.79. The zero-order valence-electron chi connectivity index (χ0n) is 12.0. The van der Waals surface area contributed by atoms with Crippen molar-refractivity contribution in [1.29, 1.82) is 0 Å². The molecule has 0 fully saturated rings. The average Bonchev–Trinajstić information content (AvgIpc) is 2.46. The maximum atomic E-state index is 13.1. The number of benzene rings is 1. The zero-order valence-corrected chi connectivity index (χ0v) is 12.8. The summed E-state index contributed by atoms with van der Waals surface area (Å²) in [6.07, 6.45) is 0. The molecular formula is C14H20FNO4S. The predicted octanol–water partition coefficient (Wildman–Crippen LogP) is 1.52. The molecule has 0 atom stereocenters. The minimum absolute atomic E-state index is 0.0944. The molecule has 1 aromatic rings. The molecule has 0 aromatic heterocycles. The molecule has 7 heteroatoms. The summed E-state index contributed by atoms with van der Waals surface area (Å²) in [5.74, 6) is 0.0402. The summed E-state index contributed by atoms with van der Waals surface area (Å²) in [7, 11) is 1.62. The highest BCUT2D eigenvalue weighted by molar-refractivity contribution is 7.80. The van der Waals surface area contributed by atoms with Crippen molar-refractivity contribution in [2.45, 2.75) is 0 Å². The van der Waals surface area contributed by atoms with Crippen LogP contribution in [0, 0.1) is 5.82 Å². The van der Waals surface area contributed by atoms with Crippen LogP contribution in [0.25, 0.3) is 0 Å². The van der Waals surface area contributed by atoms with Gasteiger partial charge in [-0.2, -0.15) is 0 Å². The van der Waals surface area contributed by atoms with Crippen molar-refractivity contribution in [2.24, 2.45) is 5.73 Å². The van der Waals surface area contributed by atoms with Crippen molar-refractivity contribution in [3.05, 3.63) is 29.6 Å². The molecule has 118 valence electrons. The van der Waals surface area contributed by atoms with E-state index in [2.05, 4.69) is 0 Å². The van der Waals surface area contributed by atoms with Crippen LogP contribution in [0.1, 0.15) is 5.56 Å². The molecule has 0 bridgehead atoms. The van der Waals surface area contributed by atoms with Gasteiger partial charge in [0.2, 0.25) is 0 Å². The van der Waals surface area contributed by atoms with E-state index in [1.165, 1.54) is 18.2 Å². The first kappa shape index (κ1) is 17.8.